The van der Waals surface area contributed by atoms with Crippen molar-refractivity contribution in [3.05, 3.63) is 65.4 Å². The molecule has 2 N–H and O–H groups in total. The van der Waals surface area contributed by atoms with E-state index >= 15 is 0 Å². The van der Waals surface area contributed by atoms with Crippen molar-refractivity contribution in [2.75, 3.05) is 19.0 Å². The molecule has 0 atom stereocenters. The number of aromatic hydroxyl groups is 1. The quantitative estimate of drug-likeness (QED) is 0.566. The van der Waals surface area contributed by atoms with Crippen LogP contribution in [-0.4, -0.2) is 18.8 Å². The second-order valence-corrected chi connectivity index (χ2v) is 6.12. The number of hydrogen-bond donors (Lipinski definition) is 2. The third kappa shape index (κ3) is 3.93. The predicted molar refractivity (Wildman–Crippen MR) is 101 cm³/mol. The van der Waals surface area contributed by atoms with Gasteiger partial charge < -0.3 is 19.6 Å². The third-order valence-electron chi connectivity index (χ3n) is 4.28. The minimum atomic E-state index is -4.48. The first kappa shape index (κ1) is 19.7. The molecule has 0 radical (unpaired) electrons. The number of alkyl halides is 3. The van der Waals surface area contributed by atoms with Crippen LogP contribution in [0.1, 0.15) is 23.8 Å². The molecule has 0 saturated heterocycles. The van der Waals surface area contributed by atoms with Crippen LogP contribution in [0.2, 0.25) is 0 Å². The summed E-state index contributed by atoms with van der Waals surface area (Å²) in [7, 11) is 1.58. The molecule has 1 aromatic heterocycles. The van der Waals surface area contributed by atoms with Gasteiger partial charge in [-0.05, 0) is 30.7 Å². The number of benzene rings is 2. The molecule has 0 amide bonds. The van der Waals surface area contributed by atoms with E-state index in [9.17, 15) is 18.3 Å². The van der Waals surface area contributed by atoms with Gasteiger partial charge >= 0.3 is 6.18 Å². The van der Waals surface area contributed by atoms with Crippen molar-refractivity contribution in [1.82, 2.24) is 0 Å². The van der Waals surface area contributed by atoms with Crippen LogP contribution in [-0.2, 0) is 12.6 Å². The number of nitrogens with one attached hydrogen (secondary N) is 1. The Bertz CT molecular complexity index is 964. The maximum Gasteiger partial charge on any atom is 0.416 e. The van der Waals surface area contributed by atoms with Crippen molar-refractivity contribution >= 4 is 5.88 Å². The lowest BCUT2D eigenvalue weighted by atomic mass is 10.0. The summed E-state index contributed by atoms with van der Waals surface area (Å²) < 4.78 is 50.5. The third-order valence-corrected chi connectivity index (χ3v) is 4.28. The number of rotatable bonds is 6. The number of anilines is 1. The molecule has 7 heteroatoms. The number of furan rings is 1. The summed E-state index contributed by atoms with van der Waals surface area (Å²) in [6.45, 7) is 2.35. The van der Waals surface area contributed by atoms with Gasteiger partial charge in [0, 0.05) is 19.0 Å². The summed E-state index contributed by atoms with van der Waals surface area (Å²) in [5.41, 5.74) is 0.407. The van der Waals surface area contributed by atoms with E-state index in [0.29, 0.717) is 12.4 Å². The normalized spacial score (nSPS) is 11.5. The van der Waals surface area contributed by atoms with Crippen LogP contribution in [0.15, 0.2) is 52.9 Å². The zero-order valence-corrected chi connectivity index (χ0v) is 15.4. The Morgan fingerprint density at radius 1 is 1.11 bits per heavy atom. The summed E-state index contributed by atoms with van der Waals surface area (Å²) in [6, 6.07) is 12.1. The van der Waals surface area contributed by atoms with E-state index in [1.54, 1.807) is 7.05 Å². The number of halogens is 3. The highest BCUT2D eigenvalue weighted by atomic mass is 19.4. The molecule has 28 heavy (non-hydrogen) atoms. The fourth-order valence-corrected chi connectivity index (χ4v) is 3.00. The highest BCUT2D eigenvalue weighted by Crippen LogP contribution is 2.44. The van der Waals surface area contributed by atoms with Crippen LogP contribution in [0, 0.1) is 0 Å². The summed E-state index contributed by atoms with van der Waals surface area (Å²) in [5, 5.41) is 13.5. The van der Waals surface area contributed by atoms with E-state index in [4.69, 9.17) is 9.15 Å². The molecule has 3 aromatic rings. The average Bonchev–Trinajstić information content (AvgIpc) is 2.98. The van der Waals surface area contributed by atoms with Crippen molar-refractivity contribution in [3.63, 3.8) is 0 Å². The van der Waals surface area contributed by atoms with Gasteiger partial charge in [0.25, 0.3) is 0 Å². The molecular weight excluding hydrogens is 371 g/mol. The summed E-state index contributed by atoms with van der Waals surface area (Å²) in [6.07, 6.45) is -4.25. The van der Waals surface area contributed by atoms with Gasteiger partial charge in [-0.1, -0.05) is 30.3 Å². The molecule has 0 saturated carbocycles. The minimum absolute atomic E-state index is 0.192. The highest BCUT2D eigenvalue weighted by Gasteiger charge is 2.31. The monoisotopic (exact) mass is 391 g/mol. The smallest absolute Gasteiger partial charge is 0.416 e. The number of ether oxygens (including phenoxy) is 1. The maximum absolute atomic E-state index is 13.1. The van der Waals surface area contributed by atoms with Crippen LogP contribution in [0.4, 0.5) is 19.1 Å². The lowest BCUT2D eigenvalue weighted by molar-refractivity contribution is -0.137. The molecular formula is C21H20F3NO3. The summed E-state index contributed by atoms with van der Waals surface area (Å²) >= 11 is 0. The molecule has 0 bridgehead atoms. The Morgan fingerprint density at radius 2 is 1.86 bits per heavy atom. The van der Waals surface area contributed by atoms with E-state index in [1.807, 2.05) is 31.2 Å². The molecule has 0 spiro atoms. The maximum atomic E-state index is 13.1. The molecule has 2 aromatic carbocycles. The van der Waals surface area contributed by atoms with E-state index in [2.05, 4.69) is 5.32 Å². The molecule has 0 aliphatic rings. The zero-order chi connectivity index (χ0) is 20.3. The molecule has 0 fully saturated rings. The Labute approximate surface area is 160 Å². The lowest BCUT2D eigenvalue weighted by Crippen LogP contribution is -2.04. The van der Waals surface area contributed by atoms with Gasteiger partial charge in [-0.3, -0.25) is 0 Å². The molecule has 1 heterocycles. The second kappa shape index (κ2) is 7.88. The van der Waals surface area contributed by atoms with Crippen molar-refractivity contribution in [1.29, 1.82) is 0 Å². The highest BCUT2D eigenvalue weighted by molar-refractivity contribution is 5.81. The first-order chi connectivity index (χ1) is 13.3. The summed E-state index contributed by atoms with van der Waals surface area (Å²) in [4.78, 5) is 0. The van der Waals surface area contributed by atoms with Gasteiger partial charge in [0.15, 0.2) is 11.5 Å². The van der Waals surface area contributed by atoms with Gasteiger partial charge in [-0.25, -0.2) is 0 Å². The molecule has 3 rings (SSSR count). The first-order valence-corrected chi connectivity index (χ1v) is 8.75. The second-order valence-electron chi connectivity index (χ2n) is 6.12. The summed E-state index contributed by atoms with van der Waals surface area (Å²) in [5.74, 6) is 0.895. The Balaban J connectivity index is 2.04. The Hall–Kier alpha value is -3.09. The Morgan fingerprint density at radius 3 is 2.54 bits per heavy atom. The van der Waals surface area contributed by atoms with Crippen LogP contribution in [0.5, 0.6) is 11.5 Å². The zero-order valence-electron chi connectivity index (χ0n) is 15.4. The molecule has 0 aliphatic heterocycles. The topological polar surface area (TPSA) is 54.6 Å². The van der Waals surface area contributed by atoms with Gasteiger partial charge in [0.1, 0.15) is 5.75 Å². The van der Waals surface area contributed by atoms with E-state index < -0.39 is 11.7 Å². The van der Waals surface area contributed by atoms with E-state index in [-0.39, 0.29) is 34.9 Å². The Kier molecular flexibility index (Phi) is 5.53. The van der Waals surface area contributed by atoms with Gasteiger partial charge in [-0.2, -0.15) is 13.2 Å². The average molecular weight is 391 g/mol. The van der Waals surface area contributed by atoms with Crippen LogP contribution in [0.3, 0.4) is 0 Å². The predicted octanol–water partition coefficient (Wildman–Crippen LogP) is 5.70. The van der Waals surface area contributed by atoms with Gasteiger partial charge in [0.05, 0.1) is 17.7 Å². The molecule has 0 unspecified atom stereocenters. The van der Waals surface area contributed by atoms with Crippen molar-refractivity contribution in [2.45, 2.75) is 19.5 Å². The van der Waals surface area contributed by atoms with E-state index in [1.165, 1.54) is 12.1 Å². The van der Waals surface area contributed by atoms with Crippen molar-refractivity contribution < 1.29 is 27.4 Å². The number of para-hydroxylation sites is 1. The van der Waals surface area contributed by atoms with Gasteiger partial charge in [-0.15, -0.1) is 0 Å². The lowest BCUT2D eigenvalue weighted by Gasteiger charge is -2.09. The largest absolute Gasteiger partial charge is 0.504 e. The van der Waals surface area contributed by atoms with Gasteiger partial charge in [0.2, 0.25) is 5.88 Å². The molecule has 4 nitrogen and oxygen atoms in total. The number of hydrogen-bond acceptors (Lipinski definition) is 4. The van der Waals surface area contributed by atoms with Crippen LogP contribution >= 0.6 is 0 Å². The fourth-order valence-electron chi connectivity index (χ4n) is 3.00. The fraction of sp³-hybridized carbons (Fsp3) is 0.238. The minimum Gasteiger partial charge on any atom is -0.504 e. The van der Waals surface area contributed by atoms with Crippen molar-refractivity contribution in [3.8, 4) is 22.6 Å². The molecule has 148 valence electrons. The SMILES string of the molecule is CCOc1ccccc1Cc1oc(NC)c(-c2cccc(C(F)(F)F)c2)c1O. The first-order valence-electron chi connectivity index (χ1n) is 8.75. The van der Waals surface area contributed by atoms with Crippen molar-refractivity contribution in [2.24, 2.45) is 0 Å². The van der Waals surface area contributed by atoms with Crippen LogP contribution in [0.25, 0.3) is 11.1 Å². The molecule has 0 aliphatic carbocycles. The van der Waals surface area contributed by atoms with E-state index in [0.717, 1.165) is 17.7 Å². The van der Waals surface area contributed by atoms with Crippen LogP contribution < -0.4 is 10.1 Å². The standard InChI is InChI=1S/C21H20F3NO3/c1-3-27-16-10-5-4-7-13(16)12-17-19(26)18(20(25-2)28-17)14-8-6-9-15(11-14)21(22,23)24/h4-11,25-26H,3,12H2,1-2H3.